The van der Waals surface area contributed by atoms with Gasteiger partial charge in [0.1, 0.15) is 0 Å². The zero-order valence-electron chi connectivity index (χ0n) is 11.1. The first-order valence-electron chi connectivity index (χ1n) is 6.17. The zero-order chi connectivity index (χ0) is 14.6. The molecule has 2 aromatic carbocycles. The largest absolute Gasteiger partial charge is 0.224 e. The Morgan fingerprint density at radius 1 is 1.05 bits per heavy atom. The van der Waals surface area contributed by atoms with Gasteiger partial charge in [-0.05, 0) is 30.2 Å². The van der Waals surface area contributed by atoms with Crippen molar-refractivity contribution in [2.24, 2.45) is 0 Å². The van der Waals surface area contributed by atoms with Gasteiger partial charge < -0.3 is 0 Å². The van der Waals surface area contributed by atoms with E-state index in [0.717, 1.165) is 21.2 Å². The predicted octanol–water partition coefficient (Wildman–Crippen LogP) is 4.34. The average Bonchev–Trinajstić information content (AvgIpc) is 2.40. The highest BCUT2D eigenvalue weighted by Gasteiger charge is 2.08. The molecule has 0 saturated carbocycles. The van der Waals surface area contributed by atoms with Crippen LogP contribution in [0.1, 0.15) is 16.7 Å². The molecule has 0 radical (unpaired) electrons. The molecule has 104 valence electrons. The Balaban J connectivity index is 2.15. The first kappa shape index (κ1) is 15.0. The topological polar surface area (TPSA) is 34.1 Å². The van der Waals surface area contributed by atoms with E-state index in [2.05, 4.69) is 15.9 Å². The molecule has 0 N–H and O–H groups in total. The number of rotatable bonds is 4. The minimum absolute atomic E-state index is 0.0221. The minimum atomic E-state index is -3.26. The van der Waals surface area contributed by atoms with Crippen molar-refractivity contribution in [1.29, 1.82) is 0 Å². The van der Waals surface area contributed by atoms with E-state index in [9.17, 15) is 8.42 Å². The Kier molecular flexibility index (Phi) is 4.78. The monoisotopic (exact) mass is 350 g/mol. The van der Waals surface area contributed by atoms with Crippen molar-refractivity contribution >= 4 is 31.8 Å². The molecule has 0 atom stereocenters. The Morgan fingerprint density at radius 2 is 1.70 bits per heavy atom. The van der Waals surface area contributed by atoms with Crippen LogP contribution in [-0.4, -0.2) is 8.42 Å². The van der Waals surface area contributed by atoms with Crippen molar-refractivity contribution in [3.05, 3.63) is 75.1 Å². The van der Waals surface area contributed by atoms with Crippen LogP contribution in [0.25, 0.3) is 6.08 Å². The molecule has 4 heteroatoms. The van der Waals surface area contributed by atoms with Gasteiger partial charge in [-0.1, -0.05) is 64.0 Å². The first-order valence-corrected chi connectivity index (χ1v) is 8.68. The normalized spacial score (nSPS) is 11.9. The molecule has 0 aromatic heterocycles. The Morgan fingerprint density at radius 3 is 2.35 bits per heavy atom. The summed E-state index contributed by atoms with van der Waals surface area (Å²) in [7, 11) is -3.26. The number of hydrogen-bond donors (Lipinski definition) is 0. The highest BCUT2D eigenvalue weighted by atomic mass is 79.9. The standard InChI is InChI=1S/C16H15BrO2S/c1-13-6-8-14(9-7-13)12-20(18,19)11-10-15-4-2-3-5-16(15)17/h2-11H,12H2,1H3/b11-10+. The van der Waals surface area contributed by atoms with Crippen molar-refractivity contribution in [3.63, 3.8) is 0 Å². The molecule has 0 unspecified atom stereocenters. The Bertz CT molecular complexity index is 716. The van der Waals surface area contributed by atoms with Gasteiger partial charge >= 0.3 is 0 Å². The lowest BCUT2D eigenvalue weighted by molar-refractivity contribution is 0.604. The fourth-order valence-corrected chi connectivity index (χ4v) is 3.28. The van der Waals surface area contributed by atoms with E-state index in [4.69, 9.17) is 0 Å². The lowest BCUT2D eigenvalue weighted by Gasteiger charge is -2.01. The molecular weight excluding hydrogens is 336 g/mol. The molecule has 0 fully saturated rings. The zero-order valence-corrected chi connectivity index (χ0v) is 13.5. The molecule has 0 amide bonds. The minimum Gasteiger partial charge on any atom is -0.224 e. The molecule has 0 aliphatic carbocycles. The summed E-state index contributed by atoms with van der Waals surface area (Å²) >= 11 is 3.39. The number of halogens is 1. The van der Waals surface area contributed by atoms with Crippen LogP contribution in [0.4, 0.5) is 0 Å². The summed E-state index contributed by atoms with van der Waals surface area (Å²) in [6.45, 7) is 1.98. The van der Waals surface area contributed by atoms with Gasteiger partial charge in [0.05, 0.1) is 5.75 Å². The third-order valence-corrected chi connectivity index (χ3v) is 4.86. The van der Waals surface area contributed by atoms with Crippen LogP contribution in [0.3, 0.4) is 0 Å². The Labute approximate surface area is 128 Å². The van der Waals surface area contributed by atoms with Crippen LogP contribution in [0.5, 0.6) is 0 Å². The van der Waals surface area contributed by atoms with Crippen LogP contribution in [0, 0.1) is 6.92 Å². The summed E-state index contributed by atoms with van der Waals surface area (Å²) in [4.78, 5) is 0. The van der Waals surface area contributed by atoms with Gasteiger partial charge in [-0.3, -0.25) is 0 Å². The predicted molar refractivity (Wildman–Crippen MR) is 87.0 cm³/mol. The van der Waals surface area contributed by atoms with Crippen molar-refractivity contribution < 1.29 is 8.42 Å². The number of aryl methyl sites for hydroxylation is 1. The van der Waals surface area contributed by atoms with Crippen LogP contribution in [0.15, 0.2) is 58.4 Å². The molecule has 2 aromatic rings. The SMILES string of the molecule is Cc1ccc(CS(=O)(=O)/C=C/c2ccccc2Br)cc1. The summed E-state index contributed by atoms with van der Waals surface area (Å²) in [5.74, 6) is 0.0221. The fraction of sp³-hybridized carbons (Fsp3) is 0.125. The molecular formula is C16H15BrO2S. The van der Waals surface area contributed by atoms with Gasteiger partial charge in [0, 0.05) is 9.88 Å². The second kappa shape index (κ2) is 6.37. The van der Waals surface area contributed by atoms with Gasteiger partial charge in [-0.25, -0.2) is 8.42 Å². The van der Waals surface area contributed by atoms with Gasteiger partial charge in [-0.15, -0.1) is 0 Å². The molecule has 0 spiro atoms. The smallest absolute Gasteiger partial charge is 0.175 e. The Hall–Kier alpha value is -1.39. The molecule has 0 bridgehead atoms. The highest BCUT2D eigenvalue weighted by molar-refractivity contribution is 9.10. The molecule has 0 aliphatic heterocycles. The third-order valence-electron chi connectivity index (χ3n) is 2.85. The average molecular weight is 351 g/mol. The summed E-state index contributed by atoms with van der Waals surface area (Å²) in [6, 6.07) is 15.0. The second-order valence-electron chi connectivity index (χ2n) is 4.62. The molecule has 0 aliphatic rings. The van der Waals surface area contributed by atoms with Crippen molar-refractivity contribution in [3.8, 4) is 0 Å². The molecule has 0 saturated heterocycles. The van der Waals surface area contributed by atoms with Crippen LogP contribution >= 0.6 is 15.9 Å². The molecule has 2 nitrogen and oxygen atoms in total. The van der Waals surface area contributed by atoms with E-state index in [1.54, 1.807) is 6.08 Å². The van der Waals surface area contributed by atoms with E-state index in [1.807, 2.05) is 55.5 Å². The van der Waals surface area contributed by atoms with Gasteiger partial charge in [0.2, 0.25) is 0 Å². The van der Waals surface area contributed by atoms with Crippen molar-refractivity contribution in [2.75, 3.05) is 0 Å². The van der Waals surface area contributed by atoms with E-state index in [1.165, 1.54) is 5.41 Å². The van der Waals surface area contributed by atoms with Gasteiger partial charge in [-0.2, -0.15) is 0 Å². The number of sulfone groups is 1. The lowest BCUT2D eigenvalue weighted by Crippen LogP contribution is -1.99. The van der Waals surface area contributed by atoms with Crippen LogP contribution in [0.2, 0.25) is 0 Å². The maximum Gasteiger partial charge on any atom is 0.175 e. The number of benzene rings is 2. The highest BCUT2D eigenvalue weighted by Crippen LogP contribution is 2.18. The summed E-state index contributed by atoms with van der Waals surface area (Å²) in [5.41, 5.74) is 2.77. The van der Waals surface area contributed by atoms with Crippen molar-refractivity contribution in [1.82, 2.24) is 0 Å². The molecule has 20 heavy (non-hydrogen) atoms. The summed E-state index contributed by atoms with van der Waals surface area (Å²) in [5, 5.41) is 1.27. The number of hydrogen-bond acceptors (Lipinski definition) is 2. The maximum atomic E-state index is 12.1. The third kappa shape index (κ3) is 4.32. The van der Waals surface area contributed by atoms with Crippen LogP contribution < -0.4 is 0 Å². The van der Waals surface area contributed by atoms with E-state index < -0.39 is 9.84 Å². The van der Waals surface area contributed by atoms with E-state index in [-0.39, 0.29) is 5.75 Å². The summed E-state index contributed by atoms with van der Waals surface area (Å²) < 4.78 is 25.0. The van der Waals surface area contributed by atoms with Crippen molar-refractivity contribution in [2.45, 2.75) is 12.7 Å². The quantitative estimate of drug-likeness (QED) is 0.821. The van der Waals surface area contributed by atoms with Gasteiger partial charge in [0.25, 0.3) is 0 Å². The summed E-state index contributed by atoms with van der Waals surface area (Å²) in [6.07, 6.45) is 1.62. The maximum absolute atomic E-state index is 12.1. The van der Waals surface area contributed by atoms with E-state index >= 15 is 0 Å². The second-order valence-corrected chi connectivity index (χ2v) is 7.36. The lowest BCUT2D eigenvalue weighted by atomic mass is 10.2. The van der Waals surface area contributed by atoms with Crippen LogP contribution in [-0.2, 0) is 15.6 Å². The first-order chi connectivity index (χ1) is 9.46. The van der Waals surface area contributed by atoms with Gasteiger partial charge in [0.15, 0.2) is 9.84 Å². The molecule has 0 heterocycles. The fourth-order valence-electron chi connectivity index (χ4n) is 1.75. The van der Waals surface area contributed by atoms with E-state index in [0.29, 0.717) is 0 Å². The molecule has 2 rings (SSSR count).